The fraction of sp³-hybridized carbons (Fsp3) is 0.333. The number of rotatable bonds is 8. The van der Waals surface area contributed by atoms with Crippen LogP contribution in [0.15, 0.2) is 54.6 Å². The van der Waals surface area contributed by atoms with Crippen LogP contribution in [-0.2, 0) is 16.0 Å². The fourth-order valence-corrected chi connectivity index (χ4v) is 3.78. The summed E-state index contributed by atoms with van der Waals surface area (Å²) in [6.45, 7) is 3.13. The van der Waals surface area contributed by atoms with E-state index in [0.29, 0.717) is 31.7 Å². The maximum Gasteiger partial charge on any atom is 0.409 e. The summed E-state index contributed by atoms with van der Waals surface area (Å²) < 4.78 is 4.80. The van der Waals surface area contributed by atoms with Gasteiger partial charge in [0.1, 0.15) is 5.75 Å². The van der Waals surface area contributed by atoms with Crippen molar-refractivity contribution in [1.29, 1.82) is 0 Å². The number of hydrogen-bond donors (Lipinski definition) is 1. The maximum atomic E-state index is 12.8. The minimum absolute atomic E-state index is 0.0240. The highest BCUT2D eigenvalue weighted by molar-refractivity contribution is 5.94. The van der Waals surface area contributed by atoms with Gasteiger partial charge >= 0.3 is 6.09 Å². The van der Waals surface area contributed by atoms with Gasteiger partial charge in [0.15, 0.2) is 0 Å². The molecular formula is C24H28N3O4. The normalized spacial score (nSPS) is 15.5. The minimum Gasteiger partial charge on any atom is -0.411 e. The highest BCUT2D eigenvalue weighted by Gasteiger charge is 2.33. The Morgan fingerprint density at radius 2 is 1.84 bits per heavy atom. The first-order valence-corrected chi connectivity index (χ1v) is 10.5. The number of para-hydroxylation sites is 1. The van der Waals surface area contributed by atoms with Crippen LogP contribution in [0.3, 0.4) is 0 Å². The standard InChI is InChI=1S/C24H28N3O4/c1-2-6-23(29)27(19-7-4-3-5-8-19)20-15-16-26(17-20)22(28)14-11-18-9-12-21(13-10-18)31-24(25)30/h3-5,7-10,12-14,20H,2,6,11,15-17H2,1H3,(H2,25,30)/t20-/m1/s1. The smallest absolute Gasteiger partial charge is 0.409 e. The number of nitrogens with zero attached hydrogens (tertiary/aromatic N) is 2. The number of carbonyl (C=O) groups excluding carboxylic acids is 3. The monoisotopic (exact) mass is 422 g/mol. The van der Waals surface area contributed by atoms with Crippen molar-refractivity contribution in [3.8, 4) is 5.75 Å². The second-order valence-electron chi connectivity index (χ2n) is 7.55. The second kappa shape index (κ2) is 10.6. The molecule has 0 saturated carbocycles. The molecule has 1 aliphatic rings. The molecule has 7 nitrogen and oxygen atoms in total. The van der Waals surface area contributed by atoms with E-state index < -0.39 is 6.09 Å². The SMILES string of the molecule is CCCC(=O)N(c1ccccc1)[C@@H]1CCN(C(=O)[CH]Cc2ccc(OC(N)=O)cc2)C1. The van der Waals surface area contributed by atoms with Crippen molar-refractivity contribution in [1.82, 2.24) is 4.90 Å². The Morgan fingerprint density at radius 3 is 2.48 bits per heavy atom. The van der Waals surface area contributed by atoms with E-state index in [1.807, 2.05) is 42.2 Å². The lowest BCUT2D eigenvalue weighted by molar-refractivity contribution is -0.127. The van der Waals surface area contributed by atoms with E-state index >= 15 is 0 Å². The van der Waals surface area contributed by atoms with E-state index in [9.17, 15) is 14.4 Å². The van der Waals surface area contributed by atoms with Gasteiger partial charge in [-0.1, -0.05) is 37.3 Å². The molecule has 0 bridgehead atoms. The van der Waals surface area contributed by atoms with Crippen LogP contribution in [0.5, 0.6) is 5.75 Å². The van der Waals surface area contributed by atoms with Crippen LogP contribution in [-0.4, -0.2) is 41.9 Å². The number of anilines is 1. The topological polar surface area (TPSA) is 92.9 Å². The molecule has 3 rings (SSSR count). The molecule has 7 heteroatoms. The van der Waals surface area contributed by atoms with E-state index in [2.05, 4.69) is 0 Å². The second-order valence-corrected chi connectivity index (χ2v) is 7.55. The molecule has 0 unspecified atom stereocenters. The van der Waals surface area contributed by atoms with Crippen molar-refractivity contribution in [2.24, 2.45) is 5.73 Å². The molecule has 0 aliphatic carbocycles. The van der Waals surface area contributed by atoms with Crippen LogP contribution in [0, 0.1) is 6.42 Å². The molecule has 1 radical (unpaired) electrons. The fourth-order valence-electron chi connectivity index (χ4n) is 3.78. The Hall–Kier alpha value is -3.35. The van der Waals surface area contributed by atoms with Gasteiger partial charge < -0.3 is 20.3 Å². The van der Waals surface area contributed by atoms with Gasteiger partial charge in [0.25, 0.3) is 0 Å². The van der Waals surface area contributed by atoms with Crippen molar-refractivity contribution < 1.29 is 19.1 Å². The molecule has 31 heavy (non-hydrogen) atoms. The van der Waals surface area contributed by atoms with E-state index in [1.54, 1.807) is 35.6 Å². The summed E-state index contributed by atoms with van der Waals surface area (Å²) in [6, 6.07) is 16.5. The Bertz CT molecular complexity index is 899. The first kappa shape index (κ1) is 22.3. The minimum atomic E-state index is -0.861. The average Bonchev–Trinajstić information content (AvgIpc) is 3.23. The van der Waals surface area contributed by atoms with Crippen LogP contribution in [0.2, 0.25) is 0 Å². The summed E-state index contributed by atoms with van der Waals surface area (Å²) in [4.78, 5) is 39.9. The van der Waals surface area contributed by atoms with Crippen molar-refractivity contribution in [3.05, 3.63) is 66.6 Å². The lowest BCUT2D eigenvalue weighted by atomic mass is 10.1. The molecule has 1 saturated heterocycles. The Kier molecular flexibility index (Phi) is 7.65. The number of amides is 3. The third kappa shape index (κ3) is 6.07. The summed E-state index contributed by atoms with van der Waals surface area (Å²) in [7, 11) is 0. The van der Waals surface area contributed by atoms with Crippen LogP contribution in [0.1, 0.15) is 31.7 Å². The Labute approximate surface area is 182 Å². The molecule has 2 aromatic rings. The van der Waals surface area contributed by atoms with Crippen LogP contribution < -0.4 is 15.4 Å². The number of nitrogens with two attached hydrogens (primary N) is 1. The summed E-state index contributed by atoms with van der Waals surface area (Å²) in [5.41, 5.74) is 6.79. The van der Waals surface area contributed by atoms with E-state index in [-0.39, 0.29) is 17.9 Å². The van der Waals surface area contributed by atoms with E-state index in [1.165, 1.54) is 0 Å². The molecule has 2 N–H and O–H groups in total. The van der Waals surface area contributed by atoms with Gasteiger partial charge in [-0.15, -0.1) is 0 Å². The van der Waals surface area contributed by atoms with Crippen molar-refractivity contribution in [2.75, 3.05) is 18.0 Å². The number of ether oxygens (including phenoxy) is 1. The first-order valence-electron chi connectivity index (χ1n) is 10.5. The van der Waals surface area contributed by atoms with Gasteiger partial charge in [-0.25, -0.2) is 4.79 Å². The van der Waals surface area contributed by atoms with E-state index in [4.69, 9.17) is 10.5 Å². The zero-order valence-corrected chi connectivity index (χ0v) is 17.7. The van der Waals surface area contributed by atoms with Crippen LogP contribution in [0.4, 0.5) is 10.5 Å². The van der Waals surface area contributed by atoms with Gasteiger partial charge in [0.2, 0.25) is 11.8 Å². The van der Waals surface area contributed by atoms with Gasteiger partial charge in [-0.3, -0.25) is 9.59 Å². The van der Waals surface area contributed by atoms with Crippen molar-refractivity contribution in [2.45, 2.75) is 38.6 Å². The molecule has 1 heterocycles. The van der Waals surface area contributed by atoms with Gasteiger partial charge in [0, 0.05) is 25.2 Å². The highest BCUT2D eigenvalue weighted by atomic mass is 16.5. The molecule has 1 atom stereocenters. The Balaban J connectivity index is 1.57. The third-order valence-corrected chi connectivity index (χ3v) is 5.26. The number of benzene rings is 2. The number of hydrogen-bond acceptors (Lipinski definition) is 4. The lowest BCUT2D eigenvalue weighted by Gasteiger charge is -2.29. The predicted molar refractivity (Wildman–Crippen MR) is 118 cm³/mol. The van der Waals surface area contributed by atoms with Crippen molar-refractivity contribution >= 4 is 23.6 Å². The molecular weight excluding hydrogens is 394 g/mol. The molecule has 1 fully saturated rings. The maximum absolute atomic E-state index is 12.8. The zero-order valence-electron chi connectivity index (χ0n) is 17.7. The number of primary amides is 1. The summed E-state index contributed by atoms with van der Waals surface area (Å²) >= 11 is 0. The van der Waals surface area contributed by atoms with Crippen LogP contribution >= 0.6 is 0 Å². The molecule has 1 aliphatic heterocycles. The quantitative estimate of drug-likeness (QED) is 0.706. The lowest BCUT2D eigenvalue weighted by Crippen LogP contribution is -2.43. The molecule has 0 aromatic heterocycles. The summed E-state index contributed by atoms with van der Waals surface area (Å²) in [5, 5.41) is 0. The van der Waals surface area contributed by atoms with Gasteiger partial charge in [0.05, 0.1) is 12.5 Å². The molecule has 0 spiro atoms. The summed E-state index contributed by atoms with van der Waals surface area (Å²) in [5.74, 6) is 0.411. The van der Waals surface area contributed by atoms with Crippen LogP contribution in [0.25, 0.3) is 0 Å². The predicted octanol–water partition coefficient (Wildman–Crippen LogP) is 3.33. The highest BCUT2D eigenvalue weighted by Crippen LogP contribution is 2.25. The largest absolute Gasteiger partial charge is 0.411 e. The molecule has 2 aromatic carbocycles. The van der Waals surface area contributed by atoms with Crippen molar-refractivity contribution in [3.63, 3.8) is 0 Å². The average molecular weight is 423 g/mol. The van der Waals surface area contributed by atoms with Gasteiger partial charge in [-0.05, 0) is 49.1 Å². The van der Waals surface area contributed by atoms with Gasteiger partial charge in [-0.2, -0.15) is 0 Å². The molecule has 3 amide bonds. The number of carbonyl (C=O) groups is 3. The van der Waals surface area contributed by atoms with E-state index in [0.717, 1.165) is 24.1 Å². The number of likely N-dealkylation sites (tertiary alicyclic amines) is 1. The molecule has 163 valence electrons. The Morgan fingerprint density at radius 1 is 1.13 bits per heavy atom. The first-order chi connectivity index (χ1) is 15.0. The summed E-state index contributed by atoms with van der Waals surface area (Å²) in [6.07, 6.45) is 3.28. The zero-order chi connectivity index (χ0) is 22.2. The third-order valence-electron chi connectivity index (χ3n) is 5.26.